The van der Waals surface area contributed by atoms with Crippen molar-refractivity contribution in [2.75, 3.05) is 0 Å². The summed E-state index contributed by atoms with van der Waals surface area (Å²) in [5.41, 5.74) is 2.85. The smallest absolute Gasteiger partial charge is 0.0149 e. The highest BCUT2D eigenvalue weighted by atomic mass is 14.0. The van der Waals surface area contributed by atoms with Crippen molar-refractivity contribution in [3.05, 3.63) is 35.4 Å². The zero-order chi connectivity index (χ0) is 12.3. The Morgan fingerprint density at radius 2 is 1.65 bits per heavy atom. The Hall–Kier alpha value is -0.780. The summed E-state index contributed by atoms with van der Waals surface area (Å²) in [6.45, 7) is 4.47. The molecular formula is C17H27. The minimum Gasteiger partial charge on any atom is -0.0654 e. The molecule has 0 aliphatic carbocycles. The molecule has 0 aliphatic rings. The molecule has 0 amide bonds. The van der Waals surface area contributed by atoms with E-state index in [2.05, 4.69) is 38.1 Å². The van der Waals surface area contributed by atoms with Crippen molar-refractivity contribution >= 4 is 0 Å². The third kappa shape index (κ3) is 6.51. The summed E-state index contributed by atoms with van der Waals surface area (Å²) < 4.78 is 0. The number of rotatable bonds is 9. The van der Waals surface area contributed by atoms with Crippen LogP contribution in [0.4, 0.5) is 0 Å². The van der Waals surface area contributed by atoms with Crippen LogP contribution in [0.25, 0.3) is 0 Å². The van der Waals surface area contributed by atoms with Gasteiger partial charge in [0.05, 0.1) is 0 Å². The van der Waals surface area contributed by atoms with Crippen LogP contribution < -0.4 is 0 Å². The molecule has 1 rings (SSSR count). The molecule has 0 nitrogen and oxygen atoms in total. The van der Waals surface area contributed by atoms with Crippen LogP contribution in [-0.2, 0) is 12.8 Å². The second-order valence-corrected chi connectivity index (χ2v) is 4.95. The number of unbranched alkanes of at least 4 members (excludes halogenated alkanes) is 6. The zero-order valence-electron chi connectivity index (χ0n) is 11.6. The average molecular weight is 231 g/mol. The normalized spacial score (nSPS) is 10.7. The maximum Gasteiger partial charge on any atom is -0.0149 e. The van der Waals surface area contributed by atoms with Crippen molar-refractivity contribution in [2.45, 2.75) is 71.6 Å². The summed E-state index contributed by atoms with van der Waals surface area (Å²) in [5, 5.41) is 0. The van der Waals surface area contributed by atoms with Gasteiger partial charge >= 0.3 is 0 Å². The van der Waals surface area contributed by atoms with Crippen molar-refractivity contribution in [3.8, 4) is 0 Å². The molecule has 0 saturated carbocycles. The SMILES string of the molecule is CCCCCCCCCc1cc[c]c(CC)c1. The molecule has 0 unspecified atom stereocenters. The third-order valence-electron chi connectivity index (χ3n) is 3.38. The van der Waals surface area contributed by atoms with Crippen LogP contribution in [-0.4, -0.2) is 0 Å². The number of hydrogen-bond donors (Lipinski definition) is 0. The molecule has 17 heavy (non-hydrogen) atoms. The summed E-state index contributed by atoms with van der Waals surface area (Å²) in [7, 11) is 0. The van der Waals surface area contributed by atoms with Crippen molar-refractivity contribution in [1.82, 2.24) is 0 Å². The number of hydrogen-bond acceptors (Lipinski definition) is 0. The van der Waals surface area contributed by atoms with E-state index < -0.39 is 0 Å². The lowest BCUT2D eigenvalue weighted by Gasteiger charge is -2.04. The molecule has 0 heterocycles. The number of benzene rings is 1. The highest BCUT2D eigenvalue weighted by Gasteiger charge is 1.96. The van der Waals surface area contributed by atoms with E-state index in [4.69, 9.17) is 0 Å². The van der Waals surface area contributed by atoms with E-state index in [1.54, 1.807) is 0 Å². The van der Waals surface area contributed by atoms with Gasteiger partial charge in [0.15, 0.2) is 0 Å². The van der Waals surface area contributed by atoms with E-state index in [1.165, 1.54) is 62.5 Å². The Balaban J connectivity index is 2.09. The van der Waals surface area contributed by atoms with E-state index in [0.29, 0.717) is 0 Å². The van der Waals surface area contributed by atoms with E-state index in [1.807, 2.05) is 0 Å². The quantitative estimate of drug-likeness (QED) is 0.503. The Morgan fingerprint density at radius 1 is 0.941 bits per heavy atom. The highest BCUT2D eigenvalue weighted by Crippen LogP contribution is 2.12. The maximum absolute atomic E-state index is 3.28. The molecule has 1 aromatic carbocycles. The van der Waals surface area contributed by atoms with Crippen molar-refractivity contribution in [3.63, 3.8) is 0 Å². The van der Waals surface area contributed by atoms with Gasteiger partial charge in [-0.2, -0.15) is 0 Å². The largest absolute Gasteiger partial charge is 0.0654 e. The van der Waals surface area contributed by atoms with Gasteiger partial charge in [-0.3, -0.25) is 0 Å². The van der Waals surface area contributed by atoms with Gasteiger partial charge in [-0.05, 0) is 36.5 Å². The lowest BCUT2D eigenvalue weighted by Crippen LogP contribution is -1.89. The maximum atomic E-state index is 3.28. The first-order valence-corrected chi connectivity index (χ1v) is 7.36. The van der Waals surface area contributed by atoms with E-state index >= 15 is 0 Å². The van der Waals surface area contributed by atoms with Crippen LogP contribution in [0.5, 0.6) is 0 Å². The summed E-state index contributed by atoms with van der Waals surface area (Å²) in [4.78, 5) is 0. The van der Waals surface area contributed by atoms with Gasteiger partial charge in [-0.15, -0.1) is 0 Å². The molecule has 95 valence electrons. The second-order valence-electron chi connectivity index (χ2n) is 4.95. The van der Waals surface area contributed by atoms with Gasteiger partial charge in [0.2, 0.25) is 0 Å². The van der Waals surface area contributed by atoms with E-state index in [0.717, 1.165) is 6.42 Å². The van der Waals surface area contributed by atoms with Crippen LogP contribution in [0.15, 0.2) is 18.2 Å². The summed E-state index contributed by atoms with van der Waals surface area (Å²) >= 11 is 0. The third-order valence-corrected chi connectivity index (χ3v) is 3.38. The fourth-order valence-corrected chi connectivity index (χ4v) is 2.22. The molecule has 0 atom stereocenters. The molecule has 1 aromatic rings. The Kier molecular flexibility index (Phi) is 7.79. The molecule has 0 fully saturated rings. The summed E-state index contributed by atoms with van der Waals surface area (Å²) in [6.07, 6.45) is 12.1. The molecule has 0 heteroatoms. The molecule has 1 radical (unpaired) electrons. The molecule has 0 N–H and O–H groups in total. The molecule has 0 bridgehead atoms. The Labute approximate surface area is 107 Å². The fourth-order valence-electron chi connectivity index (χ4n) is 2.22. The minimum absolute atomic E-state index is 1.10. The standard InChI is InChI=1S/C17H27/c1-3-5-6-7-8-9-10-12-17-14-11-13-16(4-2)15-17/h11,14-15H,3-10,12H2,1-2H3. The highest BCUT2D eigenvalue weighted by molar-refractivity contribution is 5.22. The predicted molar refractivity (Wildman–Crippen MR) is 76.4 cm³/mol. The Bertz CT molecular complexity index is 288. The van der Waals surface area contributed by atoms with Gasteiger partial charge in [0.1, 0.15) is 0 Å². The molecular weight excluding hydrogens is 204 g/mol. The first-order chi connectivity index (χ1) is 8.36. The molecule has 0 saturated heterocycles. The van der Waals surface area contributed by atoms with Crippen LogP contribution in [0.1, 0.15) is 69.9 Å². The second kappa shape index (κ2) is 9.27. The molecule has 0 aliphatic heterocycles. The average Bonchev–Trinajstić information content (AvgIpc) is 2.38. The zero-order valence-corrected chi connectivity index (χ0v) is 11.6. The van der Waals surface area contributed by atoms with Crippen molar-refractivity contribution < 1.29 is 0 Å². The van der Waals surface area contributed by atoms with Crippen LogP contribution in [0.3, 0.4) is 0 Å². The molecule has 0 spiro atoms. The predicted octanol–water partition coefficient (Wildman–Crippen LogP) is 5.34. The van der Waals surface area contributed by atoms with Crippen LogP contribution >= 0.6 is 0 Å². The fraction of sp³-hybridized carbons (Fsp3) is 0.647. The Morgan fingerprint density at radius 3 is 2.35 bits per heavy atom. The van der Waals surface area contributed by atoms with Gasteiger partial charge in [0, 0.05) is 0 Å². The van der Waals surface area contributed by atoms with Crippen molar-refractivity contribution in [1.29, 1.82) is 0 Å². The lowest BCUT2D eigenvalue weighted by molar-refractivity contribution is 0.589. The van der Waals surface area contributed by atoms with Crippen LogP contribution in [0.2, 0.25) is 0 Å². The first-order valence-electron chi connectivity index (χ1n) is 7.36. The van der Waals surface area contributed by atoms with Crippen molar-refractivity contribution in [2.24, 2.45) is 0 Å². The van der Waals surface area contributed by atoms with Crippen LogP contribution in [0, 0.1) is 6.07 Å². The van der Waals surface area contributed by atoms with Gasteiger partial charge in [-0.1, -0.05) is 70.6 Å². The number of aryl methyl sites for hydroxylation is 2. The van der Waals surface area contributed by atoms with Gasteiger partial charge in [0.25, 0.3) is 0 Å². The topological polar surface area (TPSA) is 0 Å². The summed E-state index contributed by atoms with van der Waals surface area (Å²) in [5.74, 6) is 0. The minimum atomic E-state index is 1.10. The van der Waals surface area contributed by atoms with E-state index in [9.17, 15) is 0 Å². The monoisotopic (exact) mass is 231 g/mol. The first kappa shape index (κ1) is 14.3. The lowest BCUT2D eigenvalue weighted by atomic mass is 10.0. The van der Waals surface area contributed by atoms with Gasteiger partial charge in [-0.25, -0.2) is 0 Å². The molecule has 0 aromatic heterocycles. The van der Waals surface area contributed by atoms with Gasteiger partial charge < -0.3 is 0 Å². The summed E-state index contributed by atoms with van der Waals surface area (Å²) in [6, 6.07) is 9.90. The van der Waals surface area contributed by atoms with E-state index in [-0.39, 0.29) is 0 Å².